The quantitative estimate of drug-likeness (QED) is 0.107. The average molecular weight is 445 g/mol. The Morgan fingerprint density at radius 1 is 0.300 bits per heavy atom. The molecule has 0 bridgehead atoms. The first-order valence-electron chi connectivity index (χ1n) is 14.1. The third-order valence-corrected chi connectivity index (χ3v) is 12.0. The summed E-state index contributed by atoms with van der Waals surface area (Å²) in [5.41, 5.74) is 0. The van der Waals surface area contributed by atoms with Crippen molar-refractivity contribution < 1.29 is 5.48 Å². The van der Waals surface area contributed by atoms with Crippen LogP contribution in [0, 0.1) is 0 Å². The molecule has 0 aliphatic carbocycles. The molecule has 0 aromatic heterocycles. The van der Waals surface area contributed by atoms with Crippen molar-refractivity contribution in [2.24, 2.45) is 0 Å². The highest BCUT2D eigenvalue weighted by Gasteiger charge is 2.34. The lowest BCUT2D eigenvalue weighted by atomic mass is 10.2. The molecular weight excluding hydrogens is 383 g/mol. The lowest BCUT2D eigenvalue weighted by molar-refractivity contribution is 0.636. The molecule has 184 valence electrons. The molecule has 0 rings (SSSR count). The summed E-state index contributed by atoms with van der Waals surface area (Å²) in [6.07, 6.45) is 36.1. The van der Waals surface area contributed by atoms with E-state index in [0.717, 1.165) is 0 Å². The normalized spacial score (nSPS) is 11.6. The van der Waals surface area contributed by atoms with Crippen LogP contribution in [0.1, 0.15) is 156 Å². The number of unbranched alkanes of at least 4 members (excludes halogenated alkanes) is 16. The van der Waals surface area contributed by atoms with Crippen molar-refractivity contribution in [2.75, 3.05) is 24.6 Å². The second kappa shape index (κ2) is 25.6. The summed E-state index contributed by atoms with van der Waals surface area (Å²) in [5.74, 6) is 0. The Bertz CT molecular complexity index is 244. The van der Waals surface area contributed by atoms with Crippen molar-refractivity contribution in [1.29, 1.82) is 0 Å². The van der Waals surface area contributed by atoms with Crippen LogP contribution in [0.15, 0.2) is 0 Å². The first-order valence-corrected chi connectivity index (χ1v) is 16.6. The highest BCUT2D eigenvalue weighted by atomic mass is 31.2. The van der Waals surface area contributed by atoms with Crippen molar-refractivity contribution in [2.45, 2.75) is 156 Å². The maximum atomic E-state index is 2.35. The molecule has 0 aromatic carbocycles. The van der Waals surface area contributed by atoms with Crippen molar-refractivity contribution in [3.8, 4) is 0 Å². The molecule has 0 fully saturated rings. The average Bonchev–Trinajstić information content (AvgIpc) is 2.73. The number of hydrogen-bond acceptors (Lipinski definition) is 1. The summed E-state index contributed by atoms with van der Waals surface area (Å²) in [6, 6.07) is 0. The van der Waals surface area contributed by atoms with E-state index in [1.54, 1.807) is 50.3 Å². The fourth-order valence-electron chi connectivity index (χ4n) is 4.87. The van der Waals surface area contributed by atoms with Crippen molar-refractivity contribution in [3.05, 3.63) is 0 Å². The van der Waals surface area contributed by atoms with Gasteiger partial charge in [0, 0.05) is 7.26 Å². The minimum atomic E-state index is -0.691. The summed E-state index contributed by atoms with van der Waals surface area (Å²) >= 11 is 0. The van der Waals surface area contributed by atoms with E-state index in [0.29, 0.717) is 0 Å². The van der Waals surface area contributed by atoms with Crippen LogP contribution in [0.3, 0.4) is 0 Å². The van der Waals surface area contributed by atoms with E-state index in [9.17, 15) is 0 Å². The molecule has 30 heavy (non-hydrogen) atoms. The van der Waals surface area contributed by atoms with Gasteiger partial charge in [0.2, 0.25) is 0 Å². The van der Waals surface area contributed by atoms with Gasteiger partial charge in [0.05, 0.1) is 24.6 Å². The van der Waals surface area contributed by atoms with E-state index in [2.05, 4.69) is 27.7 Å². The highest BCUT2D eigenvalue weighted by molar-refractivity contribution is 7.75. The first kappa shape index (κ1) is 32.6. The van der Waals surface area contributed by atoms with Gasteiger partial charge in [0.1, 0.15) is 0 Å². The fourth-order valence-corrected chi connectivity index (χ4v) is 9.79. The molecule has 0 atom stereocenters. The molecular formula is C28H61OP. The van der Waals surface area contributed by atoms with Gasteiger partial charge in [0.25, 0.3) is 0 Å². The summed E-state index contributed by atoms with van der Waals surface area (Å²) in [6.45, 7) is 9.39. The molecule has 1 N–H and O–H groups in total. The predicted molar refractivity (Wildman–Crippen MR) is 143 cm³/mol. The Labute approximate surface area is 193 Å². The third-order valence-electron chi connectivity index (χ3n) is 6.94. The minimum Gasteiger partial charge on any atom is -0.870 e. The molecule has 0 aliphatic heterocycles. The van der Waals surface area contributed by atoms with Gasteiger partial charge in [-0.2, -0.15) is 0 Å². The van der Waals surface area contributed by atoms with E-state index < -0.39 is 7.26 Å². The molecule has 0 aromatic rings. The van der Waals surface area contributed by atoms with Crippen molar-refractivity contribution in [3.63, 3.8) is 0 Å². The van der Waals surface area contributed by atoms with Gasteiger partial charge in [-0.15, -0.1) is 0 Å². The number of hydrogen-bond donors (Lipinski definition) is 0. The van der Waals surface area contributed by atoms with Crippen LogP contribution in [0.2, 0.25) is 0 Å². The Kier molecular flexibility index (Phi) is 27.8. The van der Waals surface area contributed by atoms with Gasteiger partial charge in [-0.25, -0.2) is 0 Å². The van der Waals surface area contributed by atoms with E-state index in [1.165, 1.54) is 103 Å². The number of rotatable bonds is 24. The highest BCUT2D eigenvalue weighted by Crippen LogP contribution is 2.61. The first-order chi connectivity index (χ1) is 14.2. The lowest BCUT2D eigenvalue weighted by Gasteiger charge is -2.28. The Morgan fingerprint density at radius 2 is 0.500 bits per heavy atom. The molecule has 0 saturated heterocycles. The zero-order valence-corrected chi connectivity index (χ0v) is 22.8. The molecule has 2 heteroatoms. The predicted octanol–water partition coefficient (Wildman–Crippen LogP) is 10.7. The second-order valence-corrected chi connectivity index (χ2v) is 14.4. The Hall–Kier alpha value is 0.390. The van der Waals surface area contributed by atoms with E-state index in [1.807, 2.05) is 0 Å². The fraction of sp³-hybridized carbons (Fsp3) is 1.00. The van der Waals surface area contributed by atoms with Gasteiger partial charge in [-0.05, 0) is 51.4 Å². The van der Waals surface area contributed by atoms with Gasteiger partial charge in [-0.1, -0.05) is 105 Å². The Morgan fingerprint density at radius 3 is 0.700 bits per heavy atom. The minimum absolute atomic E-state index is 0. The zero-order chi connectivity index (χ0) is 21.5. The second-order valence-electron chi connectivity index (χ2n) is 9.89. The monoisotopic (exact) mass is 444 g/mol. The van der Waals surface area contributed by atoms with Gasteiger partial charge < -0.3 is 5.48 Å². The van der Waals surface area contributed by atoms with Gasteiger partial charge >= 0.3 is 0 Å². The molecule has 0 unspecified atom stereocenters. The molecule has 0 radical (unpaired) electrons. The lowest BCUT2D eigenvalue weighted by Crippen LogP contribution is -2.13. The van der Waals surface area contributed by atoms with E-state index in [-0.39, 0.29) is 5.48 Å². The van der Waals surface area contributed by atoms with Crippen LogP contribution in [-0.2, 0) is 0 Å². The van der Waals surface area contributed by atoms with Gasteiger partial charge in [0.15, 0.2) is 0 Å². The van der Waals surface area contributed by atoms with Crippen LogP contribution >= 0.6 is 7.26 Å². The summed E-state index contributed by atoms with van der Waals surface area (Å²) in [7, 11) is -0.691. The Balaban J connectivity index is 0. The maximum absolute atomic E-state index is 2.35. The van der Waals surface area contributed by atoms with Crippen LogP contribution in [0.4, 0.5) is 0 Å². The van der Waals surface area contributed by atoms with Crippen LogP contribution in [0.25, 0.3) is 0 Å². The summed E-state index contributed by atoms with van der Waals surface area (Å²) in [4.78, 5) is 0. The zero-order valence-electron chi connectivity index (χ0n) is 21.9. The molecule has 0 amide bonds. The van der Waals surface area contributed by atoms with E-state index >= 15 is 0 Å². The van der Waals surface area contributed by atoms with Crippen LogP contribution in [-0.4, -0.2) is 30.1 Å². The smallest absolute Gasteiger partial charge is 0.0594 e. The maximum Gasteiger partial charge on any atom is 0.0594 e. The molecule has 1 nitrogen and oxygen atoms in total. The van der Waals surface area contributed by atoms with Crippen LogP contribution < -0.4 is 0 Å². The SMILES string of the molecule is CCCCCCC[P+](CCCCCCC)(CCCCCCC)CCCCCCC.[OH-]. The standard InChI is InChI=1S/C28H60P.H2O/c1-5-9-13-17-21-25-29(26-22-18-14-10-6-2,27-23-19-15-11-7-3)28-24-20-16-12-8-4;/h5-28H2,1-4H3;1H2/q+1;/p-1. The third kappa shape index (κ3) is 20.3. The summed E-state index contributed by atoms with van der Waals surface area (Å²) < 4.78 is 0. The van der Waals surface area contributed by atoms with Crippen molar-refractivity contribution in [1.82, 2.24) is 0 Å². The topological polar surface area (TPSA) is 30.0 Å². The van der Waals surface area contributed by atoms with Gasteiger partial charge in [-0.3, -0.25) is 0 Å². The summed E-state index contributed by atoms with van der Waals surface area (Å²) in [5, 5.41) is 0. The largest absolute Gasteiger partial charge is 0.870 e. The van der Waals surface area contributed by atoms with Crippen LogP contribution in [0.5, 0.6) is 0 Å². The molecule has 0 saturated carbocycles. The molecule has 0 heterocycles. The molecule has 0 spiro atoms. The van der Waals surface area contributed by atoms with Crippen molar-refractivity contribution >= 4 is 7.26 Å². The van der Waals surface area contributed by atoms with E-state index in [4.69, 9.17) is 0 Å². The molecule has 0 aliphatic rings.